The van der Waals surface area contributed by atoms with Gasteiger partial charge in [0.2, 0.25) is 5.91 Å². The minimum Gasteiger partial charge on any atom is -0.481 e. The number of thiazole rings is 1. The second kappa shape index (κ2) is 22.8. The number of ketones is 2. The number of carbonyl (C=O) groups is 4. The second-order valence-corrected chi connectivity index (χ2v) is 14.8. The Labute approximate surface area is 310 Å². The number of Topliss-reactive ketones (excluding diaryl/α,β-unsaturated/α-hetero) is 2. The lowest BCUT2D eigenvalue weighted by Crippen LogP contribution is -2.47. The van der Waals surface area contributed by atoms with Gasteiger partial charge < -0.3 is 38.8 Å². The van der Waals surface area contributed by atoms with Gasteiger partial charge in [-0.3, -0.25) is 19.2 Å². The first kappa shape index (κ1) is 43.3. The number of benzene rings is 1. The molecule has 1 amide bonds. The molecule has 1 fully saturated rings. The summed E-state index contributed by atoms with van der Waals surface area (Å²) < 4.78 is 27.0. The fraction of sp³-hybridized carbons (Fsp3) is 0.658. The number of amides is 1. The van der Waals surface area contributed by atoms with Crippen molar-refractivity contribution in [2.24, 2.45) is 11.3 Å². The summed E-state index contributed by atoms with van der Waals surface area (Å²) in [7, 11) is 0. The lowest BCUT2D eigenvalue weighted by atomic mass is 9.76. The number of aliphatic carboxylic acids is 1. The minimum atomic E-state index is -0.896. The molecule has 2 N–H and O–H groups in total. The predicted octanol–water partition coefficient (Wildman–Crippen LogP) is 4.15. The van der Waals surface area contributed by atoms with Crippen molar-refractivity contribution in [1.82, 2.24) is 9.88 Å². The topological polar surface area (TPSA) is 171 Å². The maximum atomic E-state index is 13.9. The van der Waals surface area contributed by atoms with Crippen LogP contribution in [0.25, 0.3) is 10.4 Å². The maximum absolute atomic E-state index is 13.9. The fourth-order valence-electron chi connectivity index (χ4n) is 5.82. The number of aliphatic hydroxyl groups excluding tert-OH is 1. The number of carboxylic acids is 1. The highest BCUT2D eigenvalue weighted by Crippen LogP contribution is 2.34. The summed E-state index contributed by atoms with van der Waals surface area (Å²) in [5.74, 6) is -2.00. The van der Waals surface area contributed by atoms with Crippen LogP contribution in [0, 0.1) is 18.3 Å². The number of ether oxygens (including phenoxy) is 5. The Bertz CT molecular complexity index is 1390. The average Bonchev–Trinajstić information content (AvgIpc) is 3.72. The van der Waals surface area contributed by atoms with Crippen molar-refractivity contribution in [3.63, 3.8) is 0 Å². The first-order valence-corrected chi connectivity index (χ1v) is 18.9. The minimum absolute atomic E-state index is 0.0279. The summed E-state index contributed by atoms with van der Waals surface area (Å²) in [5, 5.41) is 19.0. The molecule has 1 aliphatic heterocycles. The van der Waals surface area contributed by atoms with Gasteiger partial charge in [0.25, 0.3) is 0 Å². The summed E-state index contributed by atoms with van der Waals surface area (Å²) in [6.45, 7) is 11.1. The quantitative estimate of drug-likeness (QED) is 0.132. The van der Waals surface area contributed by atoms with E-state index in [1.165, 1.54) is 4.90 Å². The number of likely N-dealkylation sites (tertiary alicyclic amines) is 1. The molecule has 52 heavy (non-hydrogen) atoms. The third kappa shape index (κ3) is 15.5. The van der Waals surface area contributed by atoms with Crippen molar-refractivity contribution in [3.8, 4) is 10.4 Å². The van der Waals surface area contributed by atoms with Crippen molar-refractivity contribution >= 4 is 34.8 Å². The van der Waals surface area contributed by atoms with Crippen LogP contribution in [-0.2, 0) is 49.3 Å². The third-order valence-electron chi connectivity index (χ3n) is 8.80. The van der Waals surface area contributed by atoms with Crippen LogP contribution in [0.5, 0.6) is 0 Å². The Balaban J connectivity index is 1.32. The van der Waals surface area contributed by atoms with Crippen LogP contribution in [0.1, 0.15) is 64.1 Å². The first-order valence-electron chi connectivity index (χ1n) is 18.0. The zero-order valence-electron chi connectivity index (χ0n) is 31.0. The number of aryl methyl sites for hydroxylation is 2. The van der Waals surface area contributed by atoms with Crippen molar-refractivity contribution in [3.05, 3.63) is 41.0 Å². The standard InChI is InChI=1S/C38H56N2O11S/c1-27-36(52-26-39-27)29-8-5-28(6-9-29)7-10-34(43)33-24-31(42)25-40(33)37(46)32(38(2,3)4)23-30(41)11-13-47-15-17-49-19-21-51-22-20-50-18-16-48-14-12-35(44)45/h5-6,8-9,26,31-33,42H,7,10-25H2,1-4H3,(H,44,45)/t31-,32-,33?/m1/s1. The van der Waals surface area contributed by atoms with Gasteiger partial charge in [-0.1, -0.05) is 45.0 Å². The molecule has 290 valence electrons. The molecule has 1 aromatic heterocycles. The van der Waals surface area contributed by atoms with Gasteiger partial charge >= 0.3 is 5.97 Å². The summed E-state index contributed by atoms with van der Waals surface area (Å²) in [6, 6.07) is 7.38. The van der Waals surface area contributed by atoms with Crippen molar-refractivity contribution in [1.29, 1.82) is 0 Å². The van der Waals surface area contributed by atoms with Gasteiger partial charge in [0.05, 0.1) is 101 Å². The Morgan fingerprint density at radius 3 is 1.88 bits per heavy atom. The highest BCUT2D eigenvalue weighted by Gasteiger charge is 2.44. The van der Waals surface area contributed by atoms with Crippen molar-refractivity contribution in [2.45, 2.75) is 78.4 Å². The number of nitrogens with zero attached hydrogens (tertiary/aromatic N) is 2. The zero-order chi connectivity index (χ0) is 37.9. The van der Waals surface area contributed by atoms with E-state index in [9.17, 15) is 24.3 Å². The van der Waals surface area contributed by atoms with Crippen molar-refractivity contribution < 1.29 is 53.1 Å². The number of carbonyl (C=O) groups excluding carboxylic acids is 3. The van der Waals surface area contributed by atoms with Gasteiger partial charge in [0.1, 0.15) is 5.78 Å². The van der Waals surface area contributed by atoms with Crippen LogP contribution < -0.4 is 0 Å². The van der Waals surface area contributed by atoms with Crippen molar-refractivity contribution in [2.75, 3.05) is 72.6 Å². The van der Waals surface area contributed by atoms with E-state index in [4.69, 9.17) is 28.8 Å². The molecule has 13 nitrogen and oxygen atoms in total. The number of aromatic nitrogens is 1. The maximum Gasteiger partial charge on any atom is 0.305 e. The van der Waals surface area contributed by atoms with E-state index in [-0.39, 0.29) is 69.3 Å². The van der Waals surface area contributed by atoms with E-state index in [0.29, 0.717) is 59.3 Å². The predicted molar refractivity (Wildman–Crippen MR) is 195 cm³/mol. The number of β-amino-alcohol motifs (C(OH)–C–C–N with tert-alkyl or cyclic N) is 1. The Morgan fingerprint density at radius 2 is 1.38 bits per heavy atom. The molecule has 3 atom stereocenters. The normalized spacial score (nSPS) is 16.7. The second-order valence-electron chi connectivity index (χ2n) is 13.9. The SMILES string of the molecule is Cc1ncsc1-c1ccc(CCC(=O)C2C[C@@H](O)CN2C(=O)[C@@H](CC(=O)CCOCCOCCOCCOCCOCCC(=O)O)C(C)(C)C)cc1. The molecule has 14 heteroatoms. The smallest absolute Gasteiger partial charge is 0.305 e. The van der Waals surface area contributed by atoms with Gasteiger partial charge in [-0.25, -0.2) is 4.98 Å². The Hall–Kier alpha value is -3.11. The molecule has 2 aromatic rings. The van der Waals surface area contributed by atoms with Crippen LogP contribution in [0.4, 0.5) is 0 Å². The molecule has 0 bridgehead atoms. The number of rotatable bonds is 26. The lowest BCUT2D eigenvalue weighted by molar-refractivity contribution is -0.146. The molecule has 2 heterocycles. The molecule has 1 aromatic carbocycles. The molecule has 0 aliphatic carbocycles. The number of hydrogen-bond donors (Lipinski definition) is 2. The molecule has 0 radical (unpaired) electrons. The van der Waals surface area contributed by atoms with Gasteiger partial charge in [-0.15, -0.1) is 11.3 Å². The summed E-state index contributed by atoms with van der Waals surface area (Å²) in [6.07, 6.45) is 0.337. The number of aliphatic hydroxyl groups is 1. The first-order chi connectivity index (χ1) is 24.9. The molecule has 1 unspecified atom stereocenters. The van der Waals surface area contributed by atoms with E-state index in [0.717, 1.165) is 21.7 Å². The molecule has 3 rings (SSSR count). The number of carboxylic acid groups (broad SMARTS) is 1. The van der Waals surface area contributed by atoms with Gasteiger partial charge in [0.15, 0.2) is 5.78 Å². The highest BCUT2D eigenvalue weighted by atomic mass is 32.1. The van der Waals surface area contributed by atoms with Crippen LogP contribution in [0.15, 0.2) is 29.8 Å². The van der Waals surface area contributed by atoms with Crippen LogP contribution in [-0.4, -0.2) is 128 Å². The van der Waals surface area contributed by atoms with E-state index in [2.05, 4.69) is 4.98 Å². The number of hydrogen-bond acceptors (Lipinski definition) is 12. The van der Waals surface area contributed by atoms with E-state index >= 15 is 0 Å². The molecular weight excluding hydrogens is 692 g/mol. The van der Waals surface area contributed by atoms with E-state index in [1.54, 1.807) is 11.3 Å². The molecule has 0 spiro atoms. The Kier molecular flexibility index (Phi) is 19.0. The highest BCUT2D eigenvalue weighted by molar-refractivity contribution is 7.13. The summed E-state index contributed by atoms with van der Waals surface area (Å²) in [4.78, 5) is 57.7. The lowest BCUT2D eigenvalue weighted by Gasteiger charge is -2.34. The van der Waals surface area contributed by atoms with Gasteiger partial charge in [0, 0.05) is 38.1 Å². The summed E-state index contributed by atoms with van der Waals surface area (Å²) in [5.41, 5.74) is 4.38. The fourth-order valence-corrected chi connectivity index (χ4v) is 6.63. The van der Waals surface area contributed by atoms with E-state index < -0.39 is 29.4 Å². The van der Waals surface area contributed by atoms with Crippen LogP contribution >= 0.6 is 11.3 Å². The molecule has 1 saturated heterocycles. The monoisotopic (exact) mass is 748 g/mol. The molecule has 1 aliphatic rings. The van der Waals surface area contributed by atoms with Gasteiger partial charge in [-0.2, -0.15) is 0 Å². The van der Waals surface area contributed by atoms with Crippen LogP contribution in [0.2, 0.25) is 0 Å². The summed E-state index contributed by atoms with van der Waals surface area (Å²) >= 11 is 1.59. The van der Waals surface area contributed by atoms with E-state index in [1.807, 2.05) is 57.5 Å². The molecule has 0 saturated carbocycles. The zero-order valence-corrected chi connectivity index (χ0v) is 31.8. The van der Waals surface area contributed by atoms with Gasteiger partial charge in [-0.05, 0) is 29.9 Å². The van der Waals surface area contributed by atoms with Crippen LogP contribution in [0.3, 0.4) is 0 Å². The largest absolute Gasteiger partial charge is 0.481 e. The third-order valence-corrected chi connectivity index (χ3v) is 9.78. The molecular formula is C38H56N2O11S. The Morgan fingerprint density at radius 1 is 0.846 bits per heavy atom. The average molecular weight is 749 g/mol.